The molecule has 382 valence electrons. The van der Waals surface area contributed by atoms with Crippen LogP contribution in [-0.4, -0.2) is 39.0 Å². The molecule has 0 saturated carbocycles. The summed E-state index contributed by atoms with van der Waals surface area (Å²) in [4.78, 5) is 29.6. The van der Waals surface area contributed by atoms with Gasteiger partial charge in [-0.2, -0.15) is 13.2 Å². The van der Waals surface area contributed by atoms with Gasteiger partial charge in [-0.05, 0) is 78.4 Å². The molecule has 0 unspecified atom stereocenters. The summed E-state index contributed by atoms with van der Waals surface area (Å²) < 4.78 is 82.8. The predicted octanol–water partition coefficient (Wildman–Crippen LogP) is 17.2. The molecule has 0 spiro atoms. The largest absolute Gasteiger partial charge is 0.416 e. The molecule has 0 fully saturated rings. The second-order valence-corrected chi connectivity index (χ2v) is 19.3. The minimum absolute atomic E-state index is 0.0189. The Morgan fingerprint density at radius 3 is 0.938 bits per heavy atom. The second kappa shape index (κ2) is 19.2. The fraction of sp³-hybridized carbons (Fsp3) is 0.0149. The molecule has 0 amide bonds. The maximum Gasteiger partial charge on any atom is 0.416 e. The Kier molecular flexibility index (Phi) is 11.5. The second-order valence-electron chi connectivity index (χ2n) is 19.3. The molecule has 14 aromatic rings. The van der Waals surface area contributed by atoms with Crippen LogP contribution in [0.3, 0.4) is 0 Å². The number of para-hydroxylation sites is 2. The third kappa shape index (κ3) is 8.48. The fourth-order valence-electron chi connectivity index (χ4n) is 10.7. The van der Waals surface area contributed by atoms with Crippen LogP contribution in [0.1, 0.15) is 5.56 Å². The Bertz CT molecular complexity index is 4320. The van der Waals surface area contributed by atoms with Gasteiger partial charge in [-0.1, -0.05) is 158 Å². The number of nitrogens with zero attached hydrogens (tertiary/aromatic N) is 8. The zero-order chi connectivity index (χ0) is 54.1. The Balaban J connectivity index is 1.02. The lowest BCUT2D eigenvalue weighted by Crippen LogP contribution is -2.11. The van der Waals surface area contributed by atoms with E-state index in [1.54, 1.807) is 9.13 Å². The van der Waals surface area contributed by atoms with Crippen molar-refractivity contribution in [3.8, 4) is 90.8 Å². The lowest BCUT2D eigenvalue weighted by Gasteiger charge is -2.23. The van der Waals surface area contributed by atoms with Crippen molar-refractivity contribution in [1.29, 1.82) is 0 Å². The van der Waals surface area contributed by atoms with E-state index < -0.39 is 23.4 Å². The van der Waals surface area contributed by atoms with Crippen LogP contribution in [0, 0.1) is 11.6 Å². The summed E-state index contributed by atoms with van der Waals surface area (Å²) in [6, 6.07) is 69.4. The van der Waals surface area contributed by atoms with Crippen molar-refractivity contribution in [2.75, 3.05) is 0 Å². The summed E-state index contributed by atoms with van der Waals surface area (Å²) in [5.74, 6) is 0.797. The lowest BCUT2D eigenvalue weighted by molar-refractivity contribution is -0.137. The van der Waals surface area contributed by atoms with Gasteiger partial charge >= 0.3 is 6.18 Å². The van der Waals surface area contributed by atoms with E-state index in [1.165, 1.54) is 0 Å². The number of halogens is 5. The summed E-state index contributed by atoms with van der Waals surface area (Å²) in [5.41, 5.74) is 5.78. The molecule has 0 aliphatic heterocycles. The quantitative estimate of drug-likeness (QED) is 0.134. The van der Waals surface area contributed by atoms with Crippen LogP contribution in [0.2, 0.25) is 0 Å². The zero-order valence-corrected chi connectivity index (χ0v) is 42.0. The monoisotopic (exact) mass is 1050 g/mol. The minimum Gasteiger partial charge on any atom is -0.309 e. The minimum atomic E-state index is -4.88. The van der Waals surface area contributed by atoms with Gasteiger partial charge < -0.3 is 9.13 Å². The molecule has 80 heavy (non-hydrogen) atoms. The van der Waals surface area contributed by atoms with Crippen LogP contribution in [0.5, 0.6) is 0 Å². The molecule has 0 N–H and O–H groups in total. The molecule has 4 aromatic heterocycles. The Morgan fingerprint density at radius 1 is 0.275 bits per heavy atom. The number of aromatic nitrogens is 8. The highest BCUT2D eigenvalue weighted by Gasteiger charge is 2.35. The highest BCUT2D eigenvalue weighted by molar-refractivity contribution is 6.13. The van der Waals surface area contributed by atoms with Crippen LogP contribution < -0.4 is 0 Å². The van der Waals surface area contributed by atoms with Gasteiger partial charge in [0.2, 0.25) is 0 Å². The average Bonchev–Trinajstić information content (AvgIpc) is 4.24. The molecule has 13 heteroatoms. The van der Waals surface area contributed by atoms with Crippen LogP contribution in [0.25, 0.3) is 134 Å². The third-order valence-corrected chi connectivity index (χ3v) is 14.3. The van der Waals surface area contributed by atoms with E-state index >= 15 is 22.0 Å². The number of rotatable bonds is 9. The molecule has 0 atom stereocenters. The molecule has 0 saturated heterocycles. The summed E-state index contributed by atoms with van der Waals surface area (Å²) in [5, 5.41) is 2.75. The zero-order valence-electron chi connectivity index (χ0n) is 42.0. The first-order valence-electron chi connectivity index (χ1n) is 25.6. The van der Waals surface area contributed by atoms with Gasteiger partial charge in [-0.15, -0.1) is 0 Å². The maximum atomic E-state index is 15.9. The Hall–Kier alpha value is -10.5. The van der Waals surface area contributed by atoms with E-state index in [2.05, 4.69) is 0 Å². The van der Waals surface area contributed by atoms with Gasteiger partial charge in [-0.25, -0.2) is 38.7 Å². The van der Waals surface area contributed by atoms with Crippen molar-refractivity contribution in [2.45, 2.75) is 6.18 Å². The van der Waals surface area contributed by atoms with E-state index in [4.69, 9.17) is 29.9 Å². The van der Waals surface area contributed by atoms with Gasteiger partial charge in [0.1, 0.15) is 11.6 Å². The van der Waals surface area contributed by atoms with Crippen LogP contribution in [0.4, 0.5) is 22.0 Å². The molecule has 10 aromatic carbocycles. The first kappa shape index (κ1) is 47.9. The fourth-order valence-corrected chi connectivity index (χ4v) is 10.7. The molecular weight excluding hydrogens is 1010 g/mol. The number of alkyl halides is 3. The number of benzene rings is 10. The SMILES string of the molecule is Fc1cc(F)cc(-c2c(-n3c4ccccc4c4cc(-c5nc(-c6ccccc6)nc(-c6ccccc6)n5)ccc43)cc(C(F)(F)F)cc2-n2c3ccccc3c3cc(-c4nc(-c5ccccc5)nc(-c5ccccc5)n4)ccc32)c1. The van der Waals surface area contributed by atoms with Crippen molar-refractivity contribution in [1.82, 2.24) is 39.0 Å². The van der Waals surface area contributed by atoms with Gasteiger partial charge in [0.05, 0.1) is 39.0 Å². The summed E-state index contributed by atoms with van der Waals surface area (Å²) in [7, 11) is 0. The summed E-state index contributed by atoms with van der Waals surface area (Å²) in [6.45, 7) is 0. The van der Waals surface area contributed by atoms with E-state index in [1.807, 2.05) is 206 Å². The molecule has 4 heterocycles. The normalized spacial score (nSPS) is 11.8. The van der Waals surface area contributed by atoms with Crippen molar-refractivity contribution in [3.63, 3.8) is 0 Å². The Labute approximate surface area is 453 Å². The Morgan fingerprint density at radius 2 is 0.588 bits per heavy atom. The van der Waals surface area contributed by atoms with Crippen molar-refractivity contribution < 1.29 is 22.0 Å². The van der Waals surface area contributed by atoms with E-state index in [0.717, 1.165) is 52.6 Å². The molecule has 0 radical (unpaired) electrons. The third-order valence-electron chi connectivity index (χ3n) is 14.3. The average molecular weight is 1050 g/mol. The van der Waals surface area contributed by atoms with Crippen molar-refractivity contribution in [2.24, 2.45) is 0 Å². The van der Waals surface area contributed by atoms with Crippen LogP contribution in [0.15, 0.2) is 237 Å². The highest BCUT2D eigenvalue weighted by Crippen LogP contribution is 2.46. The number of hydrogen-bond acceptors (Lipinski definition) is 6. The predicted molar refractivity (Wildman–Crippen MR) is 305 cm³/mol. The molecule has 0 aliphatic rings. The first-order valence-corrected chi connectivity index (χ1v) is 25.6. The smallest absolute Gasteiger partial charge is 0.309 e. The lowest BCUT2D eigenvalue weighted by atomic mass is 9.97. The molecule has 8 nitrogen and oxygen atoms in total. The standard InChI is InChI=1S/C67H39F5N8/c68-48-33-46(34-49(69)39-48)60-58(79-54-27-15-13-25-50(54)52-35-44(29-31-56(52)79)65-75-61(40-17-5-1-6-18-40)73-62(76-65)41-19-7-2-8-20-41)37-47(67(70,71)72)38-59(60)80-55-28-16-14-26-51(55)53-36-45(30-32-57(53)80)66-77-63(42-21-9-3-10-22-42)74-64(78-66)43-23-11-4-12-24-43/h1-39H. The topological polar surface area (TPSA) is 87.2 Å². The van der Waals surface area contributed by atoms with E-state index in [0.29, 0.717) is 89.7 Å². The van der Waals surface area contributed by atoms with E-state index in [9.17, 15) is 0 Å². The maximum absolute atomic E-state index is 15.9. The van der Waals surface area contributed by atoms with Gasteiger partial charge in [0.25, 0.3) is 0 Å². The first-order chi connectivity index (χ1) is 39.1. The molecular formula is C67H39F5N8. The summed E-state index contributed by atoms with van der Waals surface area (Å²) in [6.07, 6.45) is -4.88. The van der Waals surface area contributed by atoms with E-state index in [-0.39, 0.29) is 22.5 Å². The molecule has 14 rings (SSSR count). The van der Waals surface area contributed by atoms with Crippen LogP contribution >= 0.6 is 0 Å². The highest BCUT2D eigenvalue weighted by atomic mass is 19.4. The van der Waals surface area contributed by atoms with Crippen molar-refractivity contribution >= 4 is 43.6 Å². The van der Waals surface area contributed by atoms with Gasteiger partial charge in [0.15, 0.2) is 34.9 Å². The number of hydrogen-bond donors (Lipinski definition) is 0. The summed E-state index contributed by atoms with van der Waals surface area (Å²) >= 11 is 0. The van der Waals surface area contributed by atoms with Crippen molar-refractivity contribution in [3.05, 3.63) is 254 Å². The number of fused-ring (bicyclic) bond motifs is 6. The molecule has 0 aliphatic carbocycles. The van der Waals surface area contributed by atoms with Gasteiger partial charge in [0, 0.05) is 66.6 Å². The molecule has 0 bridgehead atoms. The van der Waals surface area contributed by atoms with Crippen LogP contribution in [-0.2, 0) is 6.18 Å². The van der Waals surface area contributed by atoms with Gasteiger partial charge in [-0.3, -0.25) is 0 Å².